The lowest BCUT2D eigenvalue weighted by Crippen LogP contribution is -2.00. The smallest absolute Gasteiger partial charge is 0.164 e. The van der Waals surface area contributed by atoms with Crippen molar-refractivity contribution in [2.75, 3.05) is 0 Å². The van der Waals surface area contributed by atoms with Crippen LogP contribution in [0, 0.1) is 0 Å². The minimum Gasteiger partial charge on any atom is -0.246 e. The second-order valence-corrected chi connectivity index (χ2v) is 18.5. The average Bonchev–Trinajstić information content (AvgIpc) is 3.47. The lowest BCUT2D eigenvalue weighted by atomic mass is 9.90. The van der Waals surface area contributed by atoms with E-state index >= 15 is 0 Å². The topological polar surface area (TPSA) is 51.6 Å². The van der Waals surface area contributed by atoms with E-state index in [0.29, 0.717) is 17.5 Å². The lowest BCUT2D eigenvalue weighted by molar-refractivity contribution is 1.07. The Labute approximate surface area is 416 Å². The molecule has 14 rings (SSSR count). The molecular formula is C68H42N4. The fraction of sp³-hybridized carbons (Fsp3) is 0. The first-order valence-corrected chi connectivity index (χ1v) is 24.4. The molecule has 14 aromatic rings. The van der Waals surface area contributed by atoms with Crippen molar-refractivity contribution in [1.29, 1.82) is 0 Å². The first-order chi connectivity index (χ1) is 35.7. The zero-order valence-electron chi connectivity index (χ0n) is 39.0. The molecule has 0 N–H and O–H groups in total. The van der Waals surface area contributed by atoms with E-state index in [4.69, 9.17) is 19.9 Å². The van der Waals surface area contributed by atoms with E-state index in [1.807, 2.05) is 12.1 Å². The first-order valence-electron chi connectivity index (χ1n) is 24.4. The molecule has 12 aromatic carbocycles. The number of benzene rings is 12. The van der Waals surface area contributed by atoms with Gasteiger partial charge in [-0.15, -0.1) is 0 Å². The van der Waals surface area contributed by atoms with Gasteiger partial charge in [0.05, 0.1) is 11.2 Å². The number of pyridine rings is 1. The van der Waals surface area contributed by atoms with Crippen LogP contribution in [0.15, 0.2) is 255 Å². The van der Waals surface area contributed by atoms with Crippen LogP contribution in [-0.4, -0.2) is 19.9 Å². The number of fused-ring (bicyclic) bond motifs is 11. The van der Waals surface area contributed by atoms with Gasteiger partial charge in [-0.2, -0.15) is 0 Å². The summed E-state index contributed by atoms with van der Waals surface area (Å²) < 4.78 is 0. The van der Waals surface area contributed by atoms with Crippen molar-refractivity contribution in [3.8, 4) is 78.8 Å². The molecule has 0 saturated heterocycles. The normalized spacial score (nSPS) is 11.6. The Morgan fingerprint density at radius 1 is 0.208 bits per heavy atom. The Morgan fingerprint density at radius 2 is 0.639 bits per heavy atom. The Balaban J connectivity index is 0.935. The van der Waals surface area contributed by atoms with Crippen LogP contribution in [0.5, 0.6) is 0 Å². The van der Waals surface area contributed by atoms with E-state index in [1.165, 1.54) is 48.5 Å². The molecule has 0 aliphatic rings. The zero-order chi connectivity index (χ0) is 47.5. The molecule has 334 valence electrons. The second-order valence-electron chi connectivity index (χ2n) is 18.5. The Kier molecular flexibility index (Phi) is 9.82. The van der Waals surface area contributed by atoms with Gasteiger partial charge in [-0.3, -0.25) is 0 Å². The fourth-order valence-electron chi connectivity index (χ4n) is 10.8. The SMILES string of the molecule is c1ccc(-c2cccc(-c3nc(-c4ccc(-c5nc6c(-c7ccc8c9ccccc9c9ccccc9c8c7)cccc6c6c5ccc5ccccc56)cc4)nc(-c4cccc(-c5ccccc5)c4)n3)c2)cc1. The maximum Gasteiger partial charge on any atom is 0.164 e. The average molecular weight is 915 g/mol. The van der Waals surface area contributed by atoms with Gasteiger partial charge in [0.25, 0.3) is 0 Å². The van der Waals surface area contributed by atoms with Gasteiger partial charge in [0.2, 0.25) is 0 Å². The molecule has 0 bridgehead atoms. The summed E-state index contributed by atoms with van der Waals surface area (Å²) in [5.74, 6) is 1.81. The summed E-state index contributed by atoms with van der Waals surface area (Å²) in [5, 5.41) is 13.3. The van der Waals surface area contributed by atoms with Crippen molar-refractivity contribution in [1.82, 2.24) is 19.9 Å². The monoisotopic (exact) mass is 914 g/mol. The minimum atomic E-state index is 0.595. The van der Waals surface area contributed by atoms with Crippen molar-refractivity contribution in [3.63, 3.8) is 0 Å². The predicted octanol–water partition coefficient (Wildman–Crippen LogP) is 17.9. The Bertz CT molecular complexity index is 4300. The molecule has 2 heterocycles. The summed E-state index contributed by atoms with van der Waals surface area (Å²) in [4.78, 5) is 21.3. The van der Waals surface area contributed by atoms with Gasteiger partial charge in [-0.25, -0.2) is 19.9 Å². The van der Waals surface area contributed by atoms with Gasteiger partial charge in [-0.05, 0) is 89.1 Å². The molecule has 0 radical (unpaired) electrons. The van der Waals surface area contributed by atoms with Crippen LogP contribution < -0.4 is 0 Å². The summed E-state index contributed by atoms with van der Waals surface area (Å²) in [7, 11) is 0. The number of hydrogen-bond donors (Lipinski definition) is 0. The van der Waals surface area contributed by atoms with Gasteiger partial charge < -0.3 is 0 Å². The van der Waals surface area contributed by atoms with Crippen molar-refractivity contribution < 1.29 is 0 Å². The second kappa shape index (κ2) is 17.1. The van der Waals surface area contributed by atoms with E-state index in [9.17, 15) is 0 Å². The number of aromatic nitrogens is 4. The summed E-state index contributed by atoms with van der Waals surface area (Å²) in [6.07, 6.45) is 0. The van der Waals surface area contributed by atoms with Crippen LogP contribution in [0.25, 0.3) is 144 Å². The number of para-hydroxylation sites is 1. The standard InChI is InChI=1S/C68H42N4/c1-3-16-43(17-4-1)48-21-13-23-51(40-48)67-70-66(71-68(72-67)52-24-14-22-49(41-52)44-18-5-2-6-19-44)47-34-32-46(33-35-47)64-61-39-36-45-20-7-8-25-53(45)63(61)60-31-15-30-54(65(60)69-64)50-37-38-59-57-28-10-9-26-55(57)56-27-11-12-29-58(56)62(59)42-50/h1-42H. The molecule has 0 aliphatic carbocycles. The van der Waals surface area contributed by atoms with Crippen LogP contribution in [0.2, 0.25) is 0 Å². The largest absolute Gasteiger partial charge is 0.246 e. The highest BCUT2D eigenvalue weighted by molar-refractivity contribution is 6.27. The summed E-state index contributed by atoms with van der Waals surface area (Å²) in [6.45, 7) is 0. The molecule has 0 unspecified atom stereocenters. The molecule has 0 atom stereocenters. The van der Waals surface area contributed by atoms with Crippen molar-refractivity contribution in [3.05, 3.63) is 255 Å². The molecule has 0 amide bonds. The zero-order valence-corrected chi connectivity index (χ0v) is 39.0. The third-order valence-corrected chi connectivity index (χ3v) is 14.3. The van der Waals surface area contributed by atoms with Gasteiger partial charge in [-0.1, -0.05) is 237 Å². The van der Waals surface area contributed by atoms with Crippen molar-refractivity contribution >= 4 is 64.8 Å². The molecule has 0 spiro atoms. The van der Waals surface area contributed by atoms with E-state index in [-0.39, 0.29) is 0 Å². The first kappa shape index (κ1) is 41.3. The van der Waals surface area contributed by atoms with Gasteiger partial charge in [0.15, 0.2) is 17.5 Å². The van der Waals surface area contributed by atoms with Crippen LogP contribution in [0.4, 0.5) is 0 Å². The maximum atomic E-state index is 5.68. The predicted molar refractivity (Wildman–Crippen MR) is 301 cm³/mol. The molecule has 4 nitrogen and oxygen atoms in total. The lowest BCUT2D eigenvalue weighted by Gasteiger charge is -2.16. The van der Waals surface area contributed by atoms with E-state index in [0.717, 1.165) is 77.6 Å². The number of nitrogens with zero attached hydrogens (tertiary/aromatic N) is 4. The number of rotatable bonds is 7. The van der Waals surface area contributed by atoms with Crippen LogP contribution in [0.3, 0.4) is 0 Å². The summed E-state index contributed by atoms with van der Waals surface area (Å²) in [6, 6.07) is 90.6. The molecule has 0 aliphatic heterocycles. The Morgan fingerprint density at radius 3 is 1.25 bits per heavy atom. The van der Waals surface area contributed by atoms with Gasteiger partial charge in [0, 0.05) is 44.0 Å². The summed E-state index contributed by atoms with van der Waals surface area (Å²) in [5.41, 5.74) is 12.3. The van der Waals surface area contributed by atoms with E-state index < -0.39 is 0 Å². The highest BCUT2D eigenvalue weighted by Crippen LogP contribution is 2.43. The third-order valence-electron chi connectivity index (χ3n) is 14.3. The molecule has 2 aromatic heterocycles. The Hall–Kier alpha value is -9.64. The van der Waals surface area contributed by atoms with Crippen molar-refractivity contribution in [2.45, 2.75) is 0 Å². The quantitative estimate of drug-likeness (QED) is 0.150. The minimum absolute atomic E-state index is 0.595. The van der Waals surface area contributed by atoms with E-state index in [1.54, 1.807) is 0 Å². The van der Waals surface area contributed by atoms with Crippen LogP contribution in [0.1, 0.15) is 0 Å². The van der Waals surface area contributed by atoms with Crippen molar-refractivity contribution in [2.24, 2.45) is 0 Å². The molecule has 72 heavy (non-hydrogen) atoms. The summed E-state index contributed by atoms with van der Waals surface area (Å²) >= 11 is 0. The van der Waals surface area contributed by atoms with Gasteiger partial charge in [0.1, 0.15) is 0 Å². The molecule has 4 heteroatoms. The molecular weight excluding hydrogens is 873 g/mol. The van der Waals surface area contributed by atoms with E-state index in [2.05, 4.69) is 243 Å². The number of hydrogen-bond acceptors (Lipinski definition) is 4. The highest BCUT2D eigenvalue weighted by Gasteiger charge is 2.19. The van der Waals surface area contributed by atoms with Crippen LogP contribution in [-0.2, 0) is 0 Å². The third kappa shape index (κ3) is 7.08. The molecule has 0 saturated carbocycles. The maximum absolute atomic E-state index is 5.68. The fourth-order valence-corrected chi connectivity index (χ4v) is 10.8. The highest BCUT2D eigenvalue weighted by atomic mass is 15.0. The molecule has 0 fully saturated rings. The van der Waals surface area contributed by atoms with Crippen LogP contribution >= 0.6 is 0 Å². The van der Waals surface area contributed by atoms with Gasteiger partial charge >= 0.3 is 0 Å².